The molecule has 0 saturated heterocycles. The number of rotatable bonds is 5. The molecular weight excluding hydrogens is 301 g/mol. The minimum Gasteiger partial charge on any atom is -0.483 e. The van der Waals surface area contributed by atoms with Crippen LogP contribution in [0.5, 0.6) is 5.75 Å². The molecule has 5 nitrogen and oxygen atoms in total. The Balaban J connectivity index is 2.00. The van der Waals surface area contributed by atoms with Crippen LogP contribution in [0.25, 0.3) is 0 Å². The first-order valence-corrected chi connectivity index (χ1v) is 6.87. The van der Waals surface area contributed by atoms with Crippen molar-refractivity contribution in [1.82, 2.24) is 0 Å². The molecule has 0 bridgehead atoms. The number of aryl methyl sites for hydroxylation is 1. The molecule has 0 atom stereocenters. The van der Waals surface area contributed by atoms with Gasteiger partial charge in [0.05, 0.1) is 12.7 Å². The van der Waals surface area contributed by atoms with Crippen molar-refractivity contribution in [2.24, 2.45) is 0 Å². The molecule has 0 fully saturated rings. The number of anilines is 1. The second-order valence-corrected chi connectivity index (χ2v) is 4.82. The van der Waals surface area contributed by atoms with E-state index < -0.39 is 17.7 Å². The summed E-state index contributed by atoms with van der Waals surface area (Å²) < 4.78 is 23.1. The third-order valence-corrected chi connectivity index (χ3v) is 3.08. The summed E-state index contributed by atoms with van der Waals surface area (Å²) in [5.74, 6) is -0.954. The summed E-state index contributed by atoms with van der Waals surface area (Å²) in [4.78, 5) is 23.3. The zero-order valence-corrected chi connectivity index (χ0v) is 12.8. The van der Waals surface area contributed by atoms with Crippen LogP contribution in [0.1, 0.15) is 15.9 Å². The van der Waals surface area contributed by atoms with Gasteiger partial charge >= 0.3 is 5.97 Å². The third kappa shape index (κ3) is 4.54. The van der Waals surface area contributed by atoms with Crippen molar-refractivity contribution < 1.29 is 23.5 Å². The van der Waals surface area contributed by atoms with Crippen LogP contribution in [0.3, 0.4) is 0 Å². The van der Waals surface area contributed by atoms with E-state index in [0.717, 1.165) is 5.56 Å². The Bertz CT molecular complexity index is 730. The first kappa shape index (κ1) is 16.5. The van der Waals surface area contributed by atoms with Gasteiger partial charge in [0.1, 0.15) is 11.6 Å². The van der Waals surface area contributed by atoms with E-state index in [1.165, 1.54) is 31.4 Å². The summed E-state index contributed by atoms with van der Waals surface area (Å²) in [6.45, 7) is 1.53. The smallest absolute Gasteiger partial charge is 0.337 e. The highest BCUT2D eigenvalue weighted by molar-refractivity contribution is 5.92. The maximum atomic E-state index is 13.0. The molecule has 23 heavy (non-hydrogen) atoms. The summed E-state index contributed by atoms with van der Waals surface area (Å²) in [6.07, 6.45) is 0. The van der Waals surface area contributed by atoms with E-state index in [-0.39, 0.29) is 6.61 Å². The van der Waals surface area contributed by atoms with E-state index in [1.54, 1.807) is 25.1 Å². The Labute approximate surface area is 133 Å². The van der Waals surface area contributed by atoms with Crippen LogP contribution in [-0.4, -0.2) is 25.6 Å². The number of hydrogen-bond acceptors (Lipinski definition) is 4. The van der Waals surface area contributed by atoms with E-state index in [9.17, 15) is 14.0 Å². The van der Waals surface area contributed by atoms with Crippen LogP contribution in [0, 0.1) is 12.7 Å². The van der Waals surface area contributed by atoms with Crippen LogP contribution in [-0.2, 0) is 9.53 Å². The Morgan fingerprint density at radius 3 is 2.65 bits per heavy atom. The maximum Gasteiger partial charge on any atom is 0.337 e. The lowest BCUT2D eigenvalue weighted by Crippen LogP contribution is -2.20. The van der Waals surface area contributed by atoms with Crippen molar-refractivity contribution in [2.45, 2.75) is 6.92 Å². The predicted molar refractivity (Wildman–Crippen MR) is 83.0 cm³/mol. The fourth-order valence-electron chi connectivity index (χ4n) is 1.91. The van der Waals surface area contributed by atoms with Crippen molar-refractivity contribution in [3.8, 4) is 5.75 Å². The first-order valence-electron chi connectivity index (χ1n) is 6.87. The molecule has 2 rings (SSSR count). The average Bonchev–Trinajstić information content (AvgIpc) is 2.53. The molecule has 1 N–H and O–H groups in total. The fourth-order valence-corrected chi connectivity index (χ4v) is 1.91. The summed E-state index contributed by atoms with van der Waals surface area (Å²) in [5, 5.41) is 2.53. The molecular formula is C17H16FNO4. The number of halogens is 1. The van der Waals surface area contributed by atoms with Gasteiger partial charge in [0, 0.05) is 5.69 Å². The van der Waals surface area contributed by atoms with E-state index in [2.05, 4.69) is 10.1 Å². The quantitative estimate of drug-likeness (QED) is 0.861. The van der Waals surface area contributed by atoms with Gasteiger partial charge in [-0.05, 0) is 42.8 Å². The van der Waals surface area contributed by atoms with Gasteiger partial charge in [0.15, 0.2) is 6.61 Å². The highest BCUT2D eigenvalue weighted by atomic mass is 19.1. The van der Waals surface area contributed by atoms with E-state index in [1.807, 2.05) is 0 Å². The third-order valence-electron chi connectivity index (χ3n) is 3.08. The molecule has 0 aromatic heterocycles. The summed E-state index contributed by atoms with van der Waals surface area (Å²) in [5.41, 5.74) is 1.45. The predicted octanol–water partition coefficient (Wildman–Crippen LogP) is 2.94. The van der Waals surface area contributed by atoms with Gasteiger partial charge in [-0.25, -0.2) is 9.18 Å². The average molecular weight is 317 g/mol. The number of carbonyl (C=O) groups excluding carboxylic acids is 2. The summed E-state index contributed by atoms with van der Waals surface area (Å²) in [7, 11) is 1.29. The Morgan fingerprint density at radius 1 is 1.17 bits per heavy atom. The molecule has 6 heteroatoms. The standard InChI is InChI=1S/C17H16FNO4/c1-11-6-7-12(17(21)22-2)8-15(11)23-10-16(20)19-14-5-3-4-13(18)9-14/h3-9H,10H2,1-2H3,(H,19,20). The molecule has 2 aromatic rings. The van der Waals surface area contributed by atoms with Gasteiger partial charge in [-0.3, -0.25) is 4.79 Å². The number of benzene rings is 2. The monoisotopic (exact) mass is 317 g/mol. The van der Waals surface area contributed by atoms with Crippen molar-refractivity contribution >= 4 is 17.6 Å². The summed E-state index contributed by atoms with van der Waals surface area (Å²) in [6, 6.07) is 10.4. The molecule has 0 aliphatic heterocycles. The lowest BCUT2D eigenvalue weighted by molar-refractivity contribution is -0.118. The van der Waals surface area contributed by atoms with Crippen LogP contribution in [0.4, 0.5) is 10.1 Å². The number of esters is 1. The normalized spacial score (nSPS) is 10.0. The Kier molecular flexibility index (Phi) is 5.30. The zero-order chi connectivity index (χ0) is 16.8. The number of nitrogens with one attached hydrogen (secondary N) is 1. The molecule has 0 radical (unpaired) electrons. The molecule has 120 valence electrons. The van der Waals surface area contributed by atoms with Gasteiger partial charge in [-0.1, -0.05) is 12.1 Å². The topological polar surface area (TPSA) is 64.6 Å². The lowest BCUT2D eigenvalue weighted by atomic mass is 10.1. The molecule has 0 aliphatic carbocycles. The molecule has 2 aromatic carbocycles. The first-order chi connectivity index (χ1) is 11.0. The van der Waals surface area contributed by atoms with Crippen molar-refractivity contribution in [2.75, 3.05) is 19.0 Å². The molecule has 0 heterocycles. The Hall–Kier alpha value is -2.89. The minimum atomic E-state index is -0.487. The molecule has 1 amide bonds. The molecule has 0 spiro atoms. The van der Waals surface area contributed by atoms with Crippen LogP contribution in [0.15, 0.2) is 42.5 Å². The second kappa shape index (κ2) is 7.40. The highest BCUT2D eigenvalue weighted by Gasteiger charge is 2.10. The number of carbonyl (C=O) groups is 2. The SMILES string of the molecule is COC(=O)c1ccc(C)c(OCC(=O)Nc2cccc(F)c2)c1. The number of ether oxygens (including phenoxy) is 2. The molecule has 0 saturated carbocycles. The fraction of sp³-hybridized carbons (Fsp3) is 0.176. The van der Waals surface area contributed by atoms with Gasteiger partial charge in [0.25, 0.3) is 5.91 Å². The van der Waals surface area contributed by atoms with Gasteiger partial charge in [-0.15, -0.1) is 0 Å². The van der Waals surface area contributed by atoms with Crippen LogP contribution < -0.4 is 10.1 Å². The molecule has 0 aliphatic rings. The highest BCUT2D eigenvalue weighted by Crippen LogP contribution is 2.20. The summed E-state index contributed by atoms with van der Waals surface area (Å²) >= 11 is 0. The number of methoxy groups -OCH3 is 1. The number of hydrogen-bond donors (Lipinski definition) is 1. The van der Waals surface area contributed by atoms with Crippen LogP contribution >= 0.6 is 0 Å². The van der Waals surface area contributed by atoms with Gasteiger partial charge in [0.2, 0.25) is 0 Å². The largest absolute Gasteiger partial charge is 0.483 e. The van der Waals surface area contributed by atoms with Crippen molar-refractivity contribution in [3.63, 3.8) is 0 Å². The van der Waals surface area contributed by atoms with Crippen molar-refractivity contribution in [1.29, 1.82) is 0 Å². The zero-order valence-electron chi connectivity index (χ0n) is 12.8. The van der Waals surface area contributed by atoms with Gasteiger partial charge < -0.3 is 14.8 Å². The lowest BCUT2D eigenvalue weighted by Gasteiger charge is -2.11. The Morgan fingerprint density at radius 2 is 1.96 bits per heavy atom. The maximum absolute atomic E-state index is 13.0. The second-order valence-electron chi connectivity index (χ2n) is 4.82. The van der Waals surface area contributed by atoms with Crippen LogP contribution in [0.2, 0.25) is 0 Å². The molecule has 0 unspecified atom stereocenters. The van der Waals surface area contributed by atoms with E-state index in [4.69, 9.17) is 4.74 Å². The van der Waals surface area contributed by atoms with E-state index in [0.29, 0.717) is 17.0 Å². The number of amides is 1. The van der Waals surface area contributed by atoms with Crippen molar-refractivity contribution in [3.05, 3.63) is 59.4 Å². The van der Waals surface area contributed by atoms with E-state index >= 15 is 0 Å². The minimum absolute atomic E-state index is 0.262. The van der Waals surface area contributed by atoms with Gasteiger partial charge in [-0.2, -0.15) is 0 Å².